The van der Waals surface area contributed by atoms with Gasteiger partial charge in [0.15, 0.2) is 5.60 Å². The fraction of sp³-hybridized carbons (Fsp3) is 0.370. The molecule has 2 N–H and O–H groups in total. The zero-order valence-electron chi connectivity index (χ0n) is 19.9. The molecule has 186 valence electrons. The molecule has 0 aliphatic carbocycles. The summed E-state index contributed by atoms with van der Waals surface area (Å²) in [5.41, 5.74) is 1.40. The Morgan fingerprint density at radius 1 is 1.06 bits per heavy atom. The van der Waals surface area contributed by atoms with E-state index in [4.69, 9.17) is 16.3 Å². The molecule has 1 aromatic heterocycles. The highest BCUT2D eigenvalue weighted by molar-refractivity contribution is 6.32. The van der Waals surface area contributed by atoms with Gasteiger partial charge in [-0.2, -0.15) is 10.2 Å². The minimum Gasteiger partial charge on any atom is -0.507 e. The molecular weight excluding hydrogens is 478 g/mol. The SMILES string of the molecule is O=C(N1CC2(CNC2)C1)C1(Oc2ccccc2Cl)CCN(c2cnnc(-c3ccccc3O)c2)CC1. The normalized spacial score (nSPS) is 19.9. The van der Waals surface area contributed by atoms with Crippen LogP contribution in [0.3, 0.4) is 0 Å². The Hall–Kier alpha value is -3.36. The number of ether oxygens (including phenoxy) is 1. The number of likely N-dealkylation sites (tertiary alicyclic amines) is 1. The third-order valence-electron chi connectivity index (χ3n) is 7.63. The number of phenols is 1. The van der Waals surface area contributed by atoms with E-state index in [0.29, 0.717) is 48.0 Å². The first-order valence-corrected chi connectivity index (χ1v) is 12.6. The lowest BCUT2D eigenvalue weighted by atomic mass is 9.73. The molecule has 8 nitrogen and oxygen atoms in total. The first-order chi connectivity index (χ1) is 17.5. The average Bonchev–Trinajstić information content (AvgIpc) is 2.84. The number of carbonyl (C=O) groups excluding carboxylic acids is 1. The molecule has 0 saturated carbocycles. The summed E-state index contributed by atoms with van der Waals surface area (Å²) < 4.78 is 6.48. The highest BCUT2D eigenvalue weighted by Crippen LogP contribution is 2.40. The number of amides is 1. The molecular formula is C27H28ClN5O3. The molecule has 0 bridgehead atoms. The van der Waals surface area contributed by atoms with E-state index in [9.17, 15) is 9.90 Å². The molecule has 0 radical (unpaired) electrons. The van der Waals surface area contributed by atoms with Crippen LogP contribution in [-0.2, 0) is 4.79 Å². The molecule has 4 heterocycles. The Morgan fingerprint density at radius 3 is 2.47 bits per heavy atom. The number of nitrogens with one attached hydrogen (secondary N) is 1. The number of aromatic hydroxyl groups is 1. The lowest BCUT2D eigenvalue weighted by molar-refractivity contribution is -0.166. The summed E-state index contributed by atoms with van der Waals surface area (Å²) in [6, 6.07) is 16.3. The van der Waals surface area contributed by atoms with E-state index in [1.54, 1.807) is 24.4 Å². The number of para-hydroxylation sites is 2. The largest absolute Gasteiger partial charge is 0.507 e. The minimum absolute atomic E-state index is 0.0438. The highest BCUT2D eigenvalue weighted by atomic mass is 35.5. The van der Waals surface area contributed by atoms with Gasteiger partial charge in [-0.15, -0.1) is 0 Å². The van der Waals surface area contributed by atoms with E-state index < -0.39 is 5.60 Å². The molecule has 1 spiro atoms. The number of halogens is 1. The van der Waals surface area contributed by atoms with Crippen molar-refractivity contribution in [2.24, 2.45) is 5.41 Å². The van der Waals surface area contributed by atoms with Gasteiger partial charge < -0.3 is 25.0 Å². The Kier molecular flexibility index (Phi) is 5.73. The third-order valence-corrected chi connectivity index (χ3v) is 7.94. The van der Waals surface area contributed by atoms with E-state index in [1.165, 1.54) is 0 Å². The van der Waals surface area contributed by atoms with Crippen LogP contribution in [0.5, 0.6) is 11.5 Å². The summed E-state index contributed by atoms with van der Waals surface area (Å²) in [5.74, 6) is 0.741. The lowest BCUT2D eigenvalue weighted by Crippen LogP contribution is -2.74. The maximum absolute atomic E-state index is 13.8. The predicted octanol–water partition coefficient (Wildman–Crippen LogP) is 3.35. The number of anilines is 1. The second kappa shape index (κ2) is 8.94. The maximum atomic E-state index is 13.8. The van der Waals surface area contributed by atoms with Crippen molar-refractivity contribution in [2.75, 3.05) is 44.2 Å². The fourth-order valence-electron chi connectivity index (χ4n) is 5.47. The summed E-state index contributed by atoms with van der Waals surface area (Å²) in [6.45, 7) is 4.71. The Morgan fingerprint density at radius 2 is 1.78 bits per heavy atom. The molecule has 3 aliphatic rings. The summed E-state index contributed by atoms with van der Waals surface area (Å²) in [5, 5.41) is 22.5. The first-order valence-electron chi connectivity index (χ1n) is 12.3. The monoisotopic (exact) mass is 505 g/mol. The lowest BCUT2D eigenvalue weighted by Gasteiger charge is -2.58. The van der Waals surface area contributed by atoms with E-state index >= 15 is 0 Å². The maximum Gasteiger partial charge on any atom is 0.266 e. The number of aromatic nitrogens is 2. The average molecular weight is 506 g/mol. The predicted molar refractivity (Wildman–Crippen MR) is 137 cm³/mol. The molecule has 9 heteroatoms. The van der Waals surface area contributed by atoms with Crippen molar-refractivity contribution in [3.63, 3.8) is 0 Å². The van der Waals surface area contributed by atoms with Gasteiger partial charge in [-0.05, 0) is 30.3 Å². The van der Waals surface area contributed by atoms with E-state index in [1.807, 2.05) is 41.3 Å². The summed E-state index contributed by atoms with van der Waals surface area (Å²) in [7, 11) is 0. The van der Waals surface area contributed by atoms with E-state index in [2.05, 4.69) is 20.4 Å². The molecule has 3 aliphatic heterocycles. The number of phenolic OH excluding ortho intramolecular Hbond substituents is 1. The van der Waals surface area contributed by atoms with Crippen molar-refractivity contribution in [3.05, 3.63) is 65.8 Å². The molecule has 36 heavy (non-hydrogen) atoms. The van der Waals surface area contributed by atoms with Gasteiger partial charge in [0.25, 0.3) is 5.91 Å². The van der Waals surface area contributed by atoms with Crippen molar-refractivity contribution in [1.82, 2.24) is 20.4 Å². The number of piperidine rings is 1. The summed E-state index contributed by atoms with van der Waals surface area (Å²) >= 11 is 6.42. The van der Waals surface area contributed by atoms with Crippen LogP contribution in [0.1, 0.15) is 12.8 Å². The smallest absolute Gasteiger partial charge is 0.266 e. The zero-order valence-corrected chi connectivity index (χ0v) is 20.6. The standard InChI is InChI=1S/C27H28ClN5O3/c28-21-6-2-4-8-24(21)36-27(25(35)33-17-26(18-33)15-29-16-26)9-11-32(12-10-27)19-13-22(31-30-14-19)20-5-1-3-7-23(20)34/h1-8,13-14,29,34H,9-12,15-18H2. The van der Waals surface area contributed by atoms with Gasteiger partial charge in [-0.1, -0.05) is 35.9 Å². The Bertz CT molecular complexity index is 1280. The number of hydrogen-bond acceptors (Lipinski definition) is 7. The molecule has 3 fully saturated rings. The van der Waals surface area contributed by atoms with Crippen LogP contribution >= 0.6 is 11.6 Å². The number of rotatable bonds is 5. The van der Waals surface area contributed by atoms with Gasteiger partial charge in [0.2, 0.25) is 0 Å². The van der Waals surface area contributed by atoms with Gasteiger partial charge in [-0.3, -0.25) is 4.79 Å². The van der Waals surface area contributed by atoms with Crippen LogP contribution in [0.4, 0.5) is 5.69 Å². The van der Waals surface area contributed by atoms with Crippen molar-refractivity contribution >= 4 is 23.2 Å². The Balaban J connectivity index is 1.23. The molecule has 3 saturated heterocycles. The van der Waals surface area contributed by atoms with Crippen LogP contribution in [-0.4, -0.2) is 71.0 Å². The summed E-state index contributed by atoms with van der Waals surface area (Å²) in [4.78, 5) is 18.0. The van der Waals surface area contributed by atoms with Gasteiger partial charge >= 0.3 is 0 Å². The van der Waals surface area contributed by atoms with Crippen molar-refractivity contribution in [3.8, 4) is 22.8 Å². The topological polar surface area (TPSA) is 90.8 Å². The molecule has 1 amide bonds. The van der Waals surface area contributed by atoms with E-state index in [-0.39, 0.29) is 17.1 Å². The zero-order chi connectivity index (χ0) is 24.8. The number of hydrogen-bond donors (Lipinski definition) is 2. The van der Waals surface area contributed by atoms with Crippen LogP contribution in [0.2, 0.25) is 5.02 Å². The van der Waals surface area contributed by atoms with Gasteiger partial charge in [0, 0.05) is 63.1 Å². The van der Waals surface area contributed by atoms with Gasteiger partial charge in [0.1, 0.15) is 11.5 Å². The van der Waals surface area contributed by atoms with Crippen molar-refractivity contribution in [1.29, 1.82) is 0 Å². The quantitative estimate of drug-likeness (QED) is 0.549. The van der Waals surface area contributed by atoms with Crippen LogP contribution in [0.25, 0.3) is 11.3 Å². The number of benzene rings is 2. The minimum atomic E-state index is -0.971. The van der Waals surface area contributed by atoms with Crippen LogP contribution in [0.15, 0.2) is 60.8 Å². The molecule has 0 unspecified atom stereocenters. The van der Waals surface area contributed by atoms with Crippen LogP contribution < -0.4 is 15.0 Å². The first kappa shape index (κ1) is 23.1. The van der Waals surface area contributed by atoms with Gasteiger partial charge in [-0.25, -0.2) is 0 Å². The second-order valence-corrected chi connectivity index (χ2v) is 10.5. The van der Waals surface area contributed by atoms with Crippen molar-refractivity contribution in [2.45, 2.75) is 18.4 Å². The Labute approximate surface area is 214 Å². The number of nitrogens with zero attached hydrogens (tertiary/aromatic N) is 4. The second-order valence-electron chi connectivity index (χ2n) is 10.1. The molecule has 0 atom stereocenters. The molecule has 3 aromatic rings. The highest BCUT2D eigenvalue weighted by Gasteiger charge is 2.55. The van der Waals surface area contributed by atoms with Crippen molar-refractivity contribution < 1.29 is 14.6 Å². The molecule has 6 rings (SSSR count). The van der Waals surface area contributed by atoms with E-state index in [0.717, 1.165) is 31.9 Å². The van der Waals surface area contributed by atoms with Crippen LogP contribution in [0, 0.1) is 5.41 Å². The summed E-state index contributed by atoms with van der Waals surface area (Å²) in [6.07, 6.45) is 2.76. The van der Waals surface area contributed by atoms with Gasteiger partial charge in [0.05, 0.1) is 22.6 Å². The fourth-order valence-corrected chi connectivity index (χ4v) is 5.65. The number of carbonyl (C=O) groups is 1. The third kappa shape index (κ3) is 4.04. The molecule has 2 aromatic carbocycles.